The van der Waals surface area contributed by atoms with Gasteiger partial charge in [-0.15, -0.1) is 0 Å². The van der Waals surface area contributed by atoms with Gasteiger partial charge in [0, 0.05) is 18.8 Å². The molecule has 0 unspecified atom stereocenters. The summed E-state index contributed by atoms with van der Waals surface area (Å²) in [6, 6.07) is 3.90. The topological polar surface area (TPSA) is 65.5 Å². The molecule has 0 radical (unpaired) electrons. The molecule has 25 heavy (non-hydrogen) atoms. The Morgan fingerprint density at radius 3 is 2.32 bits per heavy atom. The van der Waals surface area contributed by atoms with Gasteiger partial charge in [0.2, 0.25) is 0 Å². The molecule has 0 atom stereocenters. The van der Waals surface area contributed by atoms with Crippen molar-refractivity contribution in [2.45, 2.75) is 47.5 Å². The molecular formula is C21H30N4. The van der Waals surface area contributed by atoms with E-state index in [0.29, 0.717) is 5.71 Å². The number of nitrogens with zero attached hydrogens (tertiary/aromatic N) is 2. The third-order valence-electron chi connectivity index (χ3n) is 4.87. The highest BCUT2D eigenvalue weighted by molar-refractivity contribution is 6.23. The fourth-order valence-electron chi connectivity index (χ4n) is 3.08. The summed E-state index contributed by atoms with van der Waals surface area (Å²) in [6.45, 7) is 12.3. The van der Waals surface area contributed by atoms with Crippen LogP contribution in [0.4, 0.5) is 11.4 Å². The average molecular weight is 338 g/mol. The molecule has 0 fully saturated rings. The first-order valence-electron chi connectivity index (χ1n) is 9.13. The number of benzene rings is 1. The number of anilines is 1. The molecule has 1 aliphatic rings. The first kappa shape index (κ1) is 19.0. The van der Waals surface area contributed by atoms with Crippen molar-refractivity contribution in [1.29, 1.82) is 5.41 Å². The Kier molecular flexibility index (Phi) is 6.18. The highest BCUT2D eigenvalue weighted by Gasteiger charge is 2.20. The van der Waals surface area contributed by atoms with Crippen molar-refractivity contribution in [2.24, 2.45) is 4.99 Å². The molecule has 0 saturated heterocycles. The van der Waals surface area contributed by atoms with E-state index in [9.17, 15) is 0 Å². The Morgan fingerprint density at radius 2 is 1.72 bits per heavy atom. The van der Waals surface area contributed by atoms with E-state index in [1.54, 1.807) is 0 Å². The molecule has 0 heterocycles. The van der Waals surface area contributed by atoms with E-state index >= 15 is 0 Å². The maximum absolute atomic E-state index is 8.35. The maximum atomic E-state index is 8.35. The van der Waals surface area contributed by atoms with Crippen LogP contribution >= 0.6 is 0 Å². The molecule has 0 saturated carbocycles. The van der Waals surface area contributed by atoms with E-state index in [2.05, 4.69) is 38.7 Å². The minimum Gasteiger partial charge on any atom is -0.399 e. The van der Waals surface area contributed by atoms with Crippen LogP contribution in [0.15, 0.2) is 40.5 Å². The number of nitrogens with one attached hydrogen (secondary N) is 1. The van der Waals surface area contributed by atoms with Gasteiger partial charge in [0.25, 0.3) is 0 Å². The third kappa shape index (κ3) is 4.01. The summed E-state index contributed by atoms with van der Waals surface area (Å²) in [5.74, 6) is 0. The second-order valence-electron chi connectivity index (χ2n) is 6.46. The van der Waals surface area contributed by atoms with Crippen LogP contribution in [0.1, 0.15) is 44.7 Å². The molecule has 0 spiro atoms. The highest BCUT2D eigenvalue weighted by Crippen LogP contribution is 2.29. The molecule has 2 rings (SSSR count). The largest absolute Gasteiger partial charge is 0.399 e. The van der Waals surface area contributed by atoms with Crippen LogP contribution < -0.4 is 5.73 Å². The molecule has 0 aromatic heterocycles. The fraction of sp³-hybridized carbons (Fsp3) is 0.429. The van der Waals surface area contributed by atoms with Gasteiger partial charge < -0.3 is 16.0 Å². The first-order valence-corrected chi connectivity index (χ1v) is 9.13. The van der Waals surface area contributed by atoms with E-state index in [1.807, 2.05) is 25.1 Å². The number of nitrogens with two attached hydrogens (primary N) is 1. The SMILES string of the molecule is CCCC1=C/C(=N\c2ccc(N)c(C)c2C)C(N(CC)CC)=CC1=N. The molecule has 0 aliphatic heterocycles. The van der Waals surface area contributed by atoms with Gasteiger partial charge >= 0.3 is 0 Å². The lowest BCUT2D eigenvalue weighted by Crippen LogP contribution is -2.29. The Balaban J connectivity index is 2.57. The predicted molar refractivity (Wildman–Crippen MR) is 109 cm³/mol. The first-order chi connectivity index (χ1) is 11.9. The van der Waals surface area contributed by atoms with Gasteiger partial charge in [0.1, 0.15) is 0 Å². The number of aliphatic imine (C=N–C) groups is 1. The summed E-state index contributed by atoms with van der Waals surface area (Å²) in [5, 5.41) is 8.35. The predicted octanol–water partition coefficient (Wildman–Crippen LogP) is 4.94. The summed E-state index contributed by atoms with van der Waals surface area (Å²) < 4.78 is 0. The van der Waals surface area contributed by atoms with E-state index < -0.39 is 0 Å². The number of allylic oxidation sites excluding steroid dienone is 3. The van der Waals surface area contributed by atoms with Crippen molar-refractivity contribution in [2.75, 3.05) is 18.8 Å². The van der Waals surface area contributed by atoms with Crippen LogP contribution in [0.3, 0.4) is 0 Å². The summed E-state index contributed by atoms with van der Waals surface area (Å²) >= 11 is 0. The van der Waals surface area contributed by atoms with Crippen LogP contribution in [-0.2, 0) is 0 Å². The summed E-state index contributed by atoms with van der Waals surface area (Å²) in [5.41, 5.74) is 13.6. The van der Waals surface area contributed by atoms with Gasteiger partial charge in [-0.25, -0.2) is 4.99 Å². The van der Waals surface area contributed by atoms with E-state index in [1.165, 1.54) is 0 Å². The van der Waals surface area contributed by atoms with Crippen LogP contribution in [0.25, 0.3) is 0 Å². The minimum atomic E-state index is 0.605. The zero-order valence-electron chi connectivity index (χ0n) is 16.1. The number of rotatable bonds is 6. The standard InChI is InChI=1S/C21H30N4/c1-6-9-16-12-20(21(13-18(16)23)25(7-2)8-3)24-19-11-10-17(22)14(4)15(19)5/h10-13,23H,6-9,22H2,1-5H3/b23-18?,24-20+. The van der Waals surface area contributed by atoms with Crippen molar-refractivity contribution in [3.05, 3.63) is 46.7 Å². The van der Waals surface area contributed by atoms with Crippen LogP contribution in [0, 0.1) is 19.3 Å². The van der Waals surface area contributed by atoms with Gasteiger partial charge in [-0.2, -0.15) is 0 Å². The second-order valence-corrected chi connectivity index (χ2v) is 6.46. The minimum absolute atomic E-state index is 0.605. The second kappa shape index (κ2) is 8.15. The maximum Gasteiger partial charge on any atom is 0.0874 e. The lowest BCUT2D eigenvalue weighted by Gasteiger charge is -2.28. The number of hydrogen-bond acceptors (Lipinski definition) is 4. The molecule has 0 bridgehead atoms. The van der Waals surface area contributed by atoms with Gasteiger partial charge in [0.05, 0.1) is 22.8 Å². The van der Waals surface area contributed by atoms with E-state index in [0.717, 1.165) is 65.4 Å². The van der Waals surface area contributed by atoms with Crippen molar-refractivity contribution < 1.29 is 0 Å². The van der Waals surface area contributed by atoms with Crippen molar-refractivity contribution >= 4 is 22.8 Å². The molecule has 1 aromatic carbocycles. The molecule has 4 heteroatoms. The zero-order chi connectivity index (χ0) is 18.6. The number of hydrogen-bond donors (Lipinski definition) is 2. The summed E-state index contributed by atoms with van der Waals surface area (Å²) in [7, 11) is 0. The van der Waals surface area contributed by atoms with Crippen molar-refractivity contribution in [3.63, 3.8) is 0 Å². The normalized spacial score (nSPS) is 16.0. The molecule has 1 aromatic rings. The van der Waals surface area contributed by atoms with Gasteiger partial charge in [-0.3, -0.25) is 0 Å². The smallest absolute Gasteiger partial charge is 0.0874 e. The molecule has 134 valence electrons. The van der Waals surface area contributed by atoms with Gasteiger partial charge in [-0.1, -0.05) is 13.3 Å². The van der Waals surface area contributed by atoms with Crippen molar-refractivity contribution in [1.82, 2.24) is 4.90 Å². The van der Waals surface area contributed by atoms with Gasteiger partial charge in [0.15, 0.2) is 0 Å². The molecular weight excluding hydrogens is 308 g/mol. The highest BCUT2D eigenvalue weighted by atomic mass is 15.1. The molecule has 1 aliphatic carbocycles. The molecule has 0 amide bonds. The number of nitrogen functional groups attached to an aromatic ring is 1. The lowest BCUT2D eigenvalue weighted by atomic mass is 9.95. The lowest BCUT2D eigenvalue weighted by molar-refractivity contribution is 0.401. The Morgan fingerprint density at radius 1 is 1.04 bits per heavy atom. The molecule has 4 nitrogen and oxygen atoms in total. The Hall–Kier alpha value is -2.36. The van der Waals surface area contributed by atoms with Crippen LogP contribution in [0.5, 0.6) is 0 Å². The average Bonchev–Trinajstić information content (AvgIpc) is 2.60. The third-order valence-corrected chi connectivity index (χ3v) is 4.87. The van der Waals surface area contributed by atoms with Crippen LogP contribution in [0.2, 0.25) is 0 Å². The zero-order valence-corrected chi connectivity index (χ0v) is 16.1. The Labute approximate surface area is 151 Å². The van der Waals surface area contributed by atoms with E-state index in [-0.39, 0.29) is 0 Å². The van der Waals surface area contributed by atoms with Gasteiger partial charge in [-0.05, 0) is 75.1 Å². The van der Waals surface area contributed by atoms with E-state index in [4.69, 9.17) is 16.1 Å². The molecule has 3 N–H and O–H groups in total. The van der Waals surface area contributed by atoms with Crippen molar-refractivity contribution in [3.8, 4) is 0 Å². The Bertz CT molecular complexity index is 749. The summed E-state index contributed by atoms with van der Waals surface area (Å²) in [4.78, 5) is 7.22. The fourth-order valence-corrected chi connectivity index (χ4v) is 3.08. The monoisotopic (exact) mass is 338 g/mol. The van der Waals surface area contributed by atoms with Crippen LogP contribution in [-0.4, -0.2) is 29.4 Å². The quantitative estimate of drug-likeness (QED) is 0.569. The summed E-state index contributed by atoms with van der Waals surface area (Å²) in [6.07, 6.45) is 5.98.